The van der Waals surface area contributed by atoms with Gasteiger partial charge in [-0.2, -0.15) is 0 Å². The van der Waals surface area contributed by atoms with Crippen molar-refractivity contribution in [2.75, 3.05) is 11.4 Å². The lowest BCUT2D eigenvalue weighted by Gasteiger charge is -2.33. The molecule has 1 aromatic carbocycles. The van der Waals surface area contributed by atoms with E-state index in [0.29, 0.717) is 19.0 Å². The molecule has 0 aromatic heterocycles. The Labute approximate surface area is 115 Å². The smallest absolute Gasteiger partial charge is 0.219 e. The molecule has 0 heterocycles. The lowest BCUT2D eigenvalue weighted by atomic mass is 10.00. The summed E-state index contributed by atoms with van der Waals surface area (Å²) in [4.78, 5) is 13.4. The first-order valence-corrected chi connectivity index (χ1v) is 6.95. The van der Waals surface area contributed by atoms with Gasteiger partial charge in [0, 0.05) is 24.7 Å². The van der Waals surface area contributed by atoms with Crippen molar-refractivity contribution in [1.82, 2.24) is 0 Å². The quantitative estimate of drug-likeness (QED) is 0.825. The number of benzene rings is 1. The molecule has 1 atom stereocenters. The Morgan fingerprint density at radius 2 is 2.32 bits per heavy atom. The second-order valence-electron chi connectivity index (χ2n) is 5.18. The first-order valence-electron chi connectivity index (χ1n) is 6.95. The summed E-state index contributed by atoms with van der Waals surface area (Å²) in [6.07, 6.45) is 8.41. The second kappa shape index (κ2) is 6.41. The van der Waals surface area contributed by atoms with Crippen molar-refractivity contribution in [3.8, 4) is 0 Å². The van der Waals surface area contributed by atoms with Crippen LogP contribution in [0.2, 0.25) is 0 Å². The molecule has 1 aliphatic carbocycles. The van der Waals surface area contributed by atoms with Crippen LogP contribution in [0.4, 0.5) is 5.69 Å². The van der Waals surface area contributed by atoms with Gasteiger partial charge in [-0.25, -0.2) is 0 Å². The van der Waals surface area contributed by atoms with Gasteiger partial charge in [-0.1, -0.05) is 24.3 Å². The van der Waals surface area contributed by atoms with E-state index in [4.69, 9.17) is 5.73 Å². The maximum absolute atomic E-state index is 11.1. The topological polar surface area (TPSA) is 46.3 Å². The number of allylic oxidation sites excluding steroid dienone is 1. The fourth-order valence-electron chi connectivity index (χ4n) is 2.58. The summed E-state index contributed by atoms with van der Waals surface area (Å²) in [7, 11) is 0. The predicted octanol–water partition coefficient (Wildman–Crippen LogP) is 2.79. The standard InChI is InChI=1S/C16H22N2O/c1-13-6-5-9-15(12-13)18(11-10-16(17)19)14-7-3-2-4-8-14/h3,5-7,9,12,14H,2,4,8,10-11H2,1H3,(H2,17,19)/t14-/m0/s1. The highest BCUT2D eigenvalue weighted by atomic mass is 16.1. The molecule has 2 rings (SSSR count). The monoisotopic (exact) mass is 258 g/mol. The Morgan fingerprint density at radius 1 is 1.47 bits per heavy atom. The number of primary amides is 1. The molecule has 0 radical (unpaired) electrons. The van der Waals surface area contributed by atoms with Crippen LogP contribution in [-0.2, 0) is 4.79 Å². The fourth-order valence-corrected chi connectivity index (χ4v) is 2.58. The first kappa shape index (κ1) is 13.7. The van der Waals surface area contributed by atoms with Crippen LogP contribution in [0.5, 0.6) is 0 Å². The highest BCUT2D eigenvalue weighted by molar-refractivity contribution is 5.74. The van der Waals surface area contributed by atoms with Gasteiger partial charge in [0.2, 0.25) is 5.91 Å². The van der Waals surface area contributed by atoms with Gasteiger partial charge in [-0.15, -0.1) is 0 Å². The van der Waals surface area contributed by atoms with E-state index >= 15 is 0 Å². The number of aryl methyl sites for hydroxylation is 1. The number of rotatable bonds is 5. The van der Waals surface area contributed by atoms with Crippen molar-refractivity contribution in [3.63, 3.8) is 0 Å². The van der Waals surface area contributed by atoms with E-state index in [2.05, 4.69) is 48.2 Å². The van der Waals surface area contributed by atoms with Crippen molar-refractivity contribution in [2.45, 2.75) is 38.6 Å². The largest absolute Gasteiger partial charge is 0.370 e. The first-order chi connectivity index (χ1) is 9.16. The maximum Gasteiger partial charge on any atom is 0.219 e. The molecule has 19 heavy (non-hydrogen) atoms. The molecule has 0 bridgehead atoms. The Kier molecular flexibility index (Phi) is 4.61. The van der Waals surface area contributed by atoms with Crippen molar-refractivity contribution in [1.29, 1.82) is 0 Å². The van der Waals surface area contributed by atoms with Gasteiger partial charge in [0.15, 0.2) is 0 Å². The zero-order chi connectivity index (χ0) is 13.7. The summed E-state index contributed by atoms with van der Waals surface area (Å²) < 4.78 is 0. The van der Waals surface area contributed by atoms with E-state index in [-0.39, 0.29) is 5.91 Å². The minimum Gasteiger partial charge on any atom is -0.370 e. The number of hydrogen-bond acceptors (Lipinski definition) is 2. The van der Waals surface area contributed by atoms with E-state index in [1.807, 2.05) is 0 Å². The van der Waals surface area contributed by atoms with Crippen molar-refractivity contribution in [2.24, 2.45) is 5.73 Å². The number of carbonyl (C=O) groups excluding carboxylic acids is 1. The summed E-state index contributed by atoms with van der Waals surface area (Å²) in [5, 5.41) is 0. The number of nitrogens with two attached hydrogens (primary N) is 1. The molecular formula is C16H22N2O. The van der Waals surface area contributed by atoms with Gasteiger partial charge in [-0.05, 0) is 43.9 Å². The number of nitrogens with zero attached hydrogens (tertiary/aromatic N) is 1. The molecule has 1 aromatic rings. The van der Waals surface area contributed by atoms with E-state index in [1.54, 1.807) is 0 Å². The van der Waals surface area contributed by atoms with E-state index < -0.39 is 0 Å². The minimum absolute atomic E-state index is 0.238. The van der Waals surface area contributed by atoms with Gasteiger partial charge < -0.3 is 10.6 Å². The molecule has 0 aliphatic heterocycles. The van der Waals surface area contributed by atoms with Gasteiger partial charge in [0.1, 0.15) is 0 Å². The molecule has 0 spiro atoms. The SMILES string of the molecule is Cc1cccc(N(CCC(N)=O)[C@H]2C=CCCC2)c1. The number of anilines is 1. The van der Waals surface area contributed by atoms with Crippen LogP contribution in [0.3, 0.4) is 0 Å². The van der Waals surface area contributed by atoms with E-state index in [0.717, 1.165) is 12.8 Å². The summed E-state index contributed by atoms with van der Waals surface area (Å²) in [6, 6.07) is 8.82. The normalized spacial score (nSPS) is 18.3. The van der Waals surface area contributed by atoms with Gasteiger partial charge in [-0.3, -0.25) is 4.79 Å². The Hall–Kier alpha value is -1.77. The average Bonchev–Trinajstić information content (AvgIpc) is 2.40. The summed E-state index contributed by atoms with van der Waals surface area (Å²) >= 11 is 0. The fraction of sp³-hybridized carbons (Fsp3) is 0.438. The summed E-state index contributed by atoms with van der Waals surface area (Å²) in [6.45, 7) is 2.78. The van der Waals surface area contributed by atoms with Crippen molar-refractivity contribution in [3.05, 3.63) is 42.0 Å². The van der Waals surface area contributed by atoms with Crippen LogP contribution in [0.15, 0.2) is 36.4 Å². The van der Waals surface area contributed by atoms with Crippen LogP contribution in [0.25, 0.3) is 0 Å². The lowest BCUT2D eigenvalue weighted by molar-refractivity contribution is -0.117. The predicted molar refractivity (Wildman–Crippen MR) is 79.1 cm³/mol. The Balaban J connectivity index is 2.19. The van der Waals surface area contributed by atoms with Crippen LogP contribution in [0.1, 0.15) is 31.2 Å². The Bertz CT molecular complexity index is 468. The van der Waals surface area contributed by atoms with Crippen molar-refractivity contribution >= 4 is 11.6 Å². The molecular weight excluding hydrogens is 236 g/mol. The lowest BCUT2D eigenvalue weighted by Crippen LogP contribution is -2.37. The molecule has 2 N–H and O–H groups in total. The molecule has 3 heteroatoms. The van der Waals surface area contributed by atoms with Crippen LogP contribution < -0.4 is 10.6 Å². The average molecular weight is 258 g/mol. The molecule has 0 saturated carbocycles. The zero-order valence-electron chi connectivity index (χ0n) is 11.5. The molecule has 0 unspecified atom stereocenters. The third kappa shape index (κ3) is 3.85. The molecule has 3 nitrogen and oxygen atoms in total. The Morgan fingerprint density at radius 3 is 2.95 bits per heavy atom. The third-order valence-electron chi connectivity index (χ3n) is 3.56. The second-order valence-corrected chi connectivity index (χ2v) is 5.18. The molecule has 0 saturated heterocycles. The number of carbonyl (C=O) groups is 1. The summed E-state index contributed by atoms with van der Waals surface area (Å²) in [5.74, 6) is -0.238. The summed E-state index contributed by atoms with van der Waals surface area (Å²) in [5.41, 5.74) is 7.71. The van der Waals surface area contributed by atoms with Crippen molar-refractivity contribution < 1.29 is 4.79 Å². The minimum atomic E-state index is -0.238. The van der Waals surface area contributed by atoms with Gasteiger partial charge in [0.05, 0.1) is 0 Å². The molecule has 102 valence electrons. The van der Waals surface area contributed by atoms with E-state index in [1.165, 1.54) is 17.7 Å². The third-order valence-corrected chi connectivity index (χ3v) is 3.56. The number of amides is 1. The van der Waals surface area contributed by atoms with Crippen LogP contribution >= 0.6 is 0 Å². The highest BCUT2D eigenvalue weighted by Gasteiger charge is 2.18. The molecule has 0 fully saturated rings. The molecule has 1 amide bonds. The number of hydrogen-bond donors (Lipinski definition) is 1. The van der Waals surface area contributed by atoms with Crippen LogP contribution in [0, 0.1) is 6.92 Å². The highest BCUT2D eigenvalue weighted by Crippen LogP contribution is 2.24. The van der Waals surface area contributed by atoms with Gasteiger partial charge in [0.25, 0.3) is 0 Å². The maximum atomic E-state index is 11.1. The van der Waals surface area contributed by atoms with E-state index in [9.17, 15) is 4.79 Å². The zero-order valence-corrected chi connectivity index (χ0v) is 11.5. The molecule has 1 aliphatic rings. The van der Waals surface area contributed by atoms with Gasteiger partial charge >= 0.3 is 0 Å². The van der Waals surface area contributed by atoms with Crippen LogP contribution in [-0.4, -0.2) is 18.5 Å².